The van der Waals surface area contributed by atoms with Gasteiger partial charge in [0, 0.05) is 6.54 Å². The molecular weight excluding hydrogens is 278 g/mol. The van der Waals surface area contributed by atoms with E-state index in [1.807, 2.05) is 0 Å². The molecule has 0 unspecified atom stereocenters. The Bertz CT molecular complexity index is 402. The monoisotopic (exact) mass is 301 g/mol. The van der Waals surface area contributed by atoms with Crippen LogP contribution in [-0.4, -0.2) is 40.4 Å². The van der Waals surface area contributed by atoms with Crippen molar-refractivity contribution < 1.29 is 29.3 Å². The zero-order chi connectivity index (χ0) is 16.3. The Morgan fingerprint density at radius 3 is 2.00 bits per heavy atom. The number of nitrogens with one attached hydrogen (secondary N) is 1. The number of aliphatic carboxylic acids is 2. The predicted octanol–water partition coefficient (Wildman–Crippen LogP) is 1.86. The van der Waals surface area contributed by atoms with Gasteiger partial charge in [-0.2, -0.15) is 0 Å². The quantitative estimate of drug-likeness (QED) is 0.683. The summed E-state index contributed by atoms with van der Waals surface area (Å²) in [5.74, 6) is -2.49. The van der Waals surface area contributed by atoms with Gasteiger partial charge in [0.05, 0.1) is 0 Å². The van der Waals surface area contributed by atoms with E-state index in [-0.39, 0.29) is 18.8 Å². The Labute approximate surface area is 123 Å². The van der Waals surface area contributed by atoms with Gasteiger partial charge in [0.15, 0.2) is 5.41 Å². The number of hydrogen-bond donors (Lipinski definition) is 3. The summed E-state index contributed by atoms with van der Waals surface area (Å²) in [6.45, 7) is 5.66. The fourth-order valence-electron chi connectivity index (χ4n) is 2.44. The van der Waals surface area contributed by atoms with E-state index in [4.69, 9.17) is 14.9 Å². The van der Waals surface area contributed by atoms with Crippen molar-refractivity contribution >= 4 is 18.0 Å². The minimum Gasteiger partial charge on any atom is -0.480 e. The Morgan fingerprint density at radius 2 is 1.62 bits per heavy atom. The molecule has 0 aromatic carbocycles. The molecule has 0 bridgehead atoms. The van der Waals surface area contributed by atoms with Crippen molar-refractivity contribution in [2.24, 2.45) is 11.3 Å². The molecule has 1 fully saturated rings. The van der Waals surface area contributed by atoms with Crippen LogP contribution in [0.3, 0.4) is 0 Å². The molecular formula is C14H23NO6. The lowest BCUT2D eigenvalue weighted by atomic mass is 9.70. The Hall–Kier alpha value is -1.79. The van der Waals surface area contributed by atoms with Crippen LogP contribution < -0.4 is 5.32 Å². The number of amides is 1. The van der Waals surface area contributed by atoms with Gasteiger partial charge in [-0.05, 0) is 52.4 Å². The third kappa shape index (κ3) is 4.61. The summed E-state index contributed by atoms with van der Waals surface area (Å²) in [5, 5.41) is 20.9. The third-order valence-electron chi connectivity index (χ3n) is 3.71. The molecule has 120 valence electrons. The molecule has 1 aliphatic rings. The molecule has 7 heteroatoms. The molecule has 3 N–H and O–H groups in total. The second-order valence-electron chi connectivity index (χ2n) is 6.52. The van der Waals surface area contributed by atoms with Gasteiger partial charge in [-0.3, -0.25) is 9.59 Å². The van der Waals surface area contributed by atoms with Crippen LogP contribution in [-0.2, 0) is 14.3 Å². The number of alkyl carbamates (subject to hydrolysis) is 1. The number of carboxylic acid groups (broad SMARTS) is 2. The van der Waals surface area contributed by atoms with Gasteiger partial charge in [0.2, 0.25) is 0 Å². The Morgan fingerprint density at radius 1 is 1.14 bits per heavy atom. The molecule has 0 heterocycles. The first kappa shape index (κ1) is 17.3. The van der Waals surface area contributed by atoms with Crippen LogP contribution >= 0.6 is 0 Å². The molecule has 0 spiro atoms. The molecule has 7 nitrogen and oxygen atoms in total. The summed E-state index contributed by atoms with van der Waals surface area (Å²) in [6.07, 6.45) is 0.551. The van der Waals surface area contributed by atoms with Crippen LogP contribution in [0, 0.1) is 11.3 Å². The minimum absolute atomic E-state index is 0.0735. The van der Waals surface area contributed by atoms with Crippen LogP contribution in [0.15, 0.2) is 0 Å². The highest BCUT2D eigenvalue weighted by atomic mass is 16.6. The van der Waals surface area contributed by atoms with Gasteiger partial charge in [0.1, 0.15) is 5.60 Å². The first-order valence-electron chi connectivity index (χ1n) is 7.00. The smallest absolute Gasteiger partial charge is 0.407 e. The second kappa shape index (κ2) is 6.32. The molecule has 0 atom stereocenters. The lowest BCUT2D eigenvalue weighted by molar-refractivity contribution is -0.167. The number of carbonyl (C=O) groups excluding carboxylic acids is 1. The minimum atomic E-state index is -1.68. The van der Waals surface area contributed by atoms with E-state index in [0.29, 0.717) is 19.4 Å². The zero-order valence-electron chi connectivity index (χ0n) is 12.6. The lowest BCUT2D eigenvalue weighted by Gasteiger charge is -2.33. The van der Waals surface area contributed by atoms with Crippen molar-refractivity contribution in [3.05, 3.63) is 0 Å². The average molecular weight is 301 g/mol. The Balaban J connectivity index is 2.45. The lowest BCUT2D eigenvalue weighted by Crippen LogP contribution is -2.44. The highest BCUT2D eigenvalue weighted by molar-refractivity contribution is 5.98. The van der Waals surface area contributed by atoms with Crippen molar-refractivity contribution in [3.63, 3.8) is 0 Å². The summed E-state index contributed by atoms with van der Waals surface area (Å²) in [7, 11) is 0. The van der Waals surface area contributed by atoms with Crippen molar-refractivity contribution in [2.75, 3.05) is 6.54 Å². The van der Waals surface area contributed by atoms with Crippen molar-refractivity contribution in [2.45, 2.75) is 52.1 Å². The first-order chi connectivity index (χ1) is 9.57. The third-order valence-corrected chi connectivity index (χ3v) is 3.71. The van der Waals surface area contributed by atoms with E-state index in [9.17, 15) is 14.4 Å². The van der Waals surface area contributed by atoms with E-state index in [0.717, 1.165) is 0 Å². The van der Waals surface area contributed by atoms with Gasteiger partial charge in [-0.1, -0.05) is 0 Å². The van der Waals surface area contributed by atoms with Gasteiger partial charge in [-0.25, -0.2) is 4.79 Å². The summed E-state index contributed by atoms with van der Waals surface area (Å²) < 4.78 is 5.11. The maximum atomic E-state index is 11.5. The van der Waals surface area contributed by atoms with Crippen LogP contribution in [0.25, 0.3) is 0 Å². The summed E-state index contributed by atoms with van der Waals surface area (Å²) in [4.78, 5) is 33.9. The topological polar surface area (TPSA) is 113 Å². The van der Waals surface area contributed by atoms with Gasteiger partial charge in [-0.15, -0.1) is 0 Å². The maximum absolute atomic E-state index is 11.5. The molecule has 0 aliphatic heterocycles. The molecule has 1 saturated carbocycles. The molecule has 1 rings (SSSR count). The standard InChI is InChI=1S/C14H23NO6/c1-13(2,3)21-12(20)15-8-9-4-6-14(7-5-9,10(16)17)11(18)19/h9H,4-8H2,1-3H3,(H,15,20)(H,16,17)(H,18,19). The van der Waals surface area contributed by atoms with Crippen molar-refractivity contribution in [3.8, 4) is 0 Å². The SMILES string of the molecule is CC(C)(C)OC(=O)NCC1CCC(C(=O)O)(C(=O)O)CC1. The van der Waals surface area contributed by atoms with Crippen LogP contribution in [0.1, 0.15) is 46.5 Å². The number of ether oxygens (including phenoxy) is 1. The maximum Gasteiger partial charge on any atom is 0.407 e. The van der Waals surface area contributed by atoms with E-state index in [2.05, 4.69) is 5.32 Å². The van der Waals surface area contributed by atoms with E-state index >= 15 is 0 Å². The summed E-state index contributed by atoms with van der Waals surface area (Å²) >= 11 is 0. The molecule has 1 aliphatic carbocycles. The van der Waals surface area contributed by atoms with Gasteiger partial charge < -0.3 is 20.3 Å². The second-order valence-corrected chi connectivity index (χ2v) is 6.52. The first-order valence-corrected chi connectivity index (χ1v) is 7.00. The average Bonchev–Trinajstić information content (AvgIpc) is 2.34. The fraction of sp³-hybridized carbons (Fsp3) is 0.786. The largest absolute Gasteiger partial charge is 0.480 e. The van der Waals surface area contributed by atoms with Crippen LogP contribution in [0.2, 0.25) is 0 Å². The Kier molecular flexibility index (Phi) is 5.20. The summed E-state index contributed by atoms with van der Waals surface area (Å²) in [5.41, 5.74) is -2.25. The molecule has 21 heavy (non-hydrogen) atoms. The van der Waals surface area contributed by atoms with Crippen LogP contribution in [0.4, 0.5) is 4.79 Å². The van der Waals surface area contributed by atoms with Crippen LogP contribution in [0.5, 0.6) is 0 Å². The molecule has 1 amide bonds. The number of rotatable bonds is 4. The number of carbonyl (C=O) groups is 3. The van der Waals surface area contributed by atoms with Gasteiger partial charge >= 0.3 is 18.0 Å². The number of hydrogen-bond acceptors (Lipinski definition) is 4. The fourth-order valence-corrected chi connectivity index (χ4v) is 2.44. The normalized spacial score (nSPS) is 18.8. The van der Waals surface area contributed by atoms with Crippen molar-refractivity contribution in [1.82, 2.24) is 5.32 Å². The van der Waals surface area contributed by atoms with Gasteiger partial charge in [0.25, 0.3) is 0 Å². The molecule has 0 saturated heterocycles. The highest BCUT2D eigenvalue weighted by Gasteiger charge is 2.48. The van der Waals surface area contributed by atoms with E-state index in [1.165, 1.54) is 0 Å². The predicted molar refractivity (Wildman–Crippen MR) is 73.9 cm³/mol. The molecule has 0 aromatic heterocycles. The molecule has 0 radical (unpaired) electrons. The van der Waals surface area contributed by atoms with E-state index in [1.54, 1.807) is 20.8 Å². The van der Waals surface area contributed by atoms with E-state index < -0.39 is 29.0 Å². The molecule has 0 aromatic rings. The highest BCUT2D eigenvalue weighted by Crippen LogP contribution is 2.39. The van der Waals surface area contributed by atoms with Crippen molar-refractivity contribution in [1.29, 1.82) is 0 Å². The zero-order valence-corrected chi connectivity index (χ0v) is 12.6. The number of carboxylic acids is 2. The summed E-state index contributed by atoms with van der Waals surface area (Å²) in [6, 6.07) is 0.